The molecule has 1 aromatic heterocycles. The van der Waals surface area contributed by atoms with Crippen LogP contribution in [0.4, 0.5) is 0 Å². The maximum atomic E-state index is 5.71. The van der Waals surface area contributed by atoms with Gasteiger partial charge in [0.2, 0.25) is 0 Å². The first-order chi connectivity index (χ1) is 9.79. The molecule has 0 aliphatic heterocycles. The maximum absolute atomic E-state index is 5.71. The van der Waals surface area contributed by atoms with Gasteiger partial charge in [0.1, 0.15) is 13.8 Å². The molecule has 3 saturated carbocycles. The molecule has 1 aromatic rings. The van der Waals surface area contributed by atoms with Crippen molar-refractivity contribution in [3.63, 3.8) is 0 Å². The van der Waals surface area contributed by atoms with Gasteiger partial charge in [0.05, 0.1) is 6.26 Å². The van der Waals surface area contributed by atoms with Gasteiger partial charge in [-0.15, -0.1) is 5.54 Å². The Bertz CT molecular complexity index is 604. The average Bonchev–Trinajstić information content (AvgIpc) is 2.90. The summed E-state index contributed by atoms with van der Waals surface area (Å²) in [7, 11) is -1.30. The molecule has 1 heterocycles. The van der Waals surface area contributed by atoms with Crippen LogP contribution < -0.4 is 0 Å². The summed E-state index contributed by atoms with van der Waals surface area (Å²) in [6.45, 7) is 11.7. The Morgan fingerprint density at radius 2 is 2.05 bits per heavy atom. The van der Waals surface area contributed by atoms with Crippen LogP contribution in [0.3, 0.4) is 0 Å². The van der Waals surface area contributed by atoms with Crippen LogP contribution in [0.1, 0.15) is 38.4 Å². The summed E-state index contributed by atoms with van der Waals surface area (Å²) >= 11 is 0. The van der Waals surface area contributed by atoms with E-state index in [1.165, 1.54) is 18.4 Å². The number of hydrogen-bond acceptors (Lipinski definition) is 1. The molecule has 0 unspecified atom stereocenters. The number of furan rings is 1. The van der Waals surface area contributed by atoms with E-state index in [0.29, 0.717) is 17.3 Å². The molecule has 3 fully saturated rings. The van der Waals surface area contributed by atoms with Gasteiger partial charge in [-0.25, -0.2) is 0 Å². The fraction of sp³-hybridized carbons (Fsp3) is 0.579. The molecule has 0 spiro atoms. The van der Waals surface area contributed by atoms with E-state index < -0.39 is 8.07 Å². The Labute approximate surface area is 129 Å². The zero-order chi connectivity index (χ0) is 15.3. The highest BCUT2D eigenvalue weighted by Gasteiger charge is 2.55. The van der Waals surface area contributed by atoms with Gasteiger partial charge in [-0.05, 0) is 53.9 Å². The van der Waals surface area contributed by atoms with Gasteiger partial charge >= 0.3 is 0 Å². The SMILES string of the molecule is CC1(C)[C@H]2C[C@H](c3ccco3)/C(=C\C#C[Si](C)(C)C)[C@@H]1C2. The Morgan fingerprint density at radius 1 is 1.29 bits per heavy atom. The van der Waals surface area contributed by atoms with Gasteiger partial charge < -0.3 is 4.42 Å². The first-order valence-corrected chi connectivity index (χ1v) is 11.5. The third-order valence-corrected chi connectivity index (χ3v) is 6.26. The lowest BCUT2D eigenvalue weighted by molar-refractivity contribution is -0.0374. The molecule has 3 atom stereocenters. The van der Waals surface area contributed by atoms with Crippen LogP contribution in [0.5, 0.6) is 0 Å². The number of hydrogen-bond donors (Lipinski definition) is 0. The number of rotatable bonds is 1. The second kappa shape index (κ2) is 4.92. The molecule has 0 radical (unpaired) electrons. The van der Waals surface area contributed by atoms with E-state index >= 15 is 0 Å². The summed E-state index contributed by atoms with van der Waals surface area (Å²) in [6.07, 6.45) is 6.58. The molecule has 4 rings (SSSR count). The van der Waals surface area contributed by atoms with Gasteiger partial charge in [0, 0.05) is 5.92 Å². The summed E-state index contributed by atoms with van der Waals surface area (Å²) in [4.78, 5) is 0. The molecule has 0 saturated heterocycles. The van der Waals surface area contributed by atoms with E-state index in [0.717, 1.165) is 11.7 Å². The minimum Gasteiger partial charge on any atom is -0.469 e. The fourth-order valence-electron chi connectivity index (χ4n) is 3.95. The van der Waals surface area contributed by atoms with E-state index in [4.69, 9.17) is 4.42 Å². The van der Waals surface area contributed by atoms with E-state index in [1.807, 2.05) is 6.07 Å². The van der Waals surface area contributed by atoms with Crippen molar-refractivity contribution in [1.29, 1.82) is 0 Å². The molecular weight excluding hydrogens is 272 g/mol. The number of allylic oxidation sites excluding steroid dienone is 2. The van der Waals surface area contributed by atoms with Crippen molar-refractivity contribution in [2.75, 3.05) is 0 Å². The molecule has 1 nitrogen and oxygen atoms in total. The van der Waals surface area contributed by atoms with Crippen LogP contribution >= 0.6 is 0 Å². The Hall–Kier alpha value is -1.20. The third kappa shape index (κ3) is 2.64. The second-order valence-electron chi connectivity index (χ2n) is 8.27. The van der Waals surface area contributed by atoms with E-state index in [9.17, 15) is 0 Å². The van der Waals surface area contributed by atoms with Crippen molar-refractivity contribution in [2.24, 2.45) is 17.3 Å². The van der Waals surface area contributed by atoms with Crippen LogP contribution in [-0.2, 0) is 0 Å². The normalized spacial score (nSPS) is 32.2. The minimum atomic E-state index is -1.30. The van der Waals surface area contributed by atoms with Crippen molar-refractivity contribution >= 4 is 8.07 Å². The van der Waals surface area contributed by atoms with Crippen molar-refractivity contribution in [3.8, 4) is 11.5 Å². The summed E-state index contributed by atoms with van der Waals surface area (Å²) in [6, 6.07) is 4.13. The highest BCUT2D eigenvalue weighted by Crippen LogP contribution is 2.64. The highest BCUT2D eigenvalue weighted by atomic mass is 28.3. The zero-order valence-electron chi connectivity index (χ0n) is 13.9. The molecule has 0 N–H and O–H groups in total. The van der Waals surface area contributed by atoms with Crippen molar-refractivity contribution < 1.29 is 4.42 Å². The lowest BCUT2D eigenvalue weighted by Crippen LogP contribution is -2.51. The first kappa shape index (κ1) is 14.7. The smallest absolute Gasteiger partial charge is 0.129 e. The predicted octanol–water partition coefficient (Wildman–Crippen LogP) is 5.24. The standard InChI is InChI=1S/C19H26OSi/c1-19(2)14-12-16(18-9-6-10-20-18)15(17(19)13-14)8-7-11-21(3,4)5/h6,8-10,14,16-17H,12-13H2,1-5H3/b15-8+/t14-,16-,17-/m0/s1. The molecule has 3 aliphatic rings. The second-order valence-corrected chi connectivity index (χ2v) is 13.0. The van der Waals surface area contributed by atoms with Gasteiger partial charge in [0.15, 0.2) is 0 Å². The van der Waals surface area contributed by atoms with Crippen molar-refractivity contribution in [1.82, 2.24) is 0 Å². The Balaban J connectivity index is 1.94. The van der Waals surface area contributed by atoms with Crippen LogP contribution in [0.25, 0.3) is 0 Å². The average molecular weight is 299 g/mol. The lowest BCUT2D eigenvalue weighted by atomic mass is 9.45. The molecule has 3 aliphatic carbocycles. The van der Waals surface area contributed by atoms with Gasteiger partial charge in [0.25, 0.3) is 0 Å². The van der Waals surface area contributed by atoms with Crippen LogP contribution in [0, 0.1) is 28.7 Å². The monoisotopic (exact) mass is 298 g/mol. The largest absolute Gasteiger partial charge is 0.469 e. The van der Waals surface area contributed by atoms with Crippen LogP contribution in [-0.4, -0.2) is 8.07 Å². The molecule has 21 heavy (non-hydrogen) atoms. The van der Waals surface area contributed by atoms with E-state index in [2.05, 4.69) is 57.1 Å². The summed E-state index contributed by atoms with van der Waals surface area (Å²) in [5.74, 6) is 6.48. The number of fused-ring (bicyclic) bond motifs is 2. The quantitative estimate of drug-likeness (QED) is 0.510. The molecule has 2 bridgehead atoms. The van der Waals surface area contributed by atoms with E-state index in [-0.39, 0.29) is 0 Å². The summed E-state index contributed by atoms with van der Waals surface area (Å²) < 4.78 is 5.71. The predicted molar refractivity (Wildman–Crippen MR) is 90.6 cm³/mol. The highest BCUT2D eigenvalue weighted by molar-refractivity contribution is 6.83. The Morgan fingerprint density at radius 3 is 2.62 bits per heavy atom. The zero-order valence-corrected chi connectivity index (χ0v) is 14.9. The topological polar surface area (TPSA) is 13.1 Å². The molecular formula is C19H26OSi. The molecule has 2 heteroatoms. The van der Waals surface area contributed by atoms with Gasteiger partial charge in [-0.3, -0.25) is 0 Å². The Kier molecular flexibility index (Phi) is 3.45. The van der Waals surface area contributed by atoms with E-state index in [1.54, 1.807) is 6.26 Å². The third-order valence-electron chi connectivity index (χ3n) is 5.37. The molecule has 0 amide bonds. The first-order valence-electron chi connectivity index (χ1n) is 8.05. The van der Waals surface area contributed by atoms with Gasteiger partial charge in [-0.2, -0.15) is 0 Å². The lowest BCUT2D eigenvalue weighted by Gasteiger charge is -2.59. The summed E-state index contributed by atoms with van der Waals surface area (Å²) in [5, 5.41) is 0. The summed E-state index contributed by atoms with van der Waals surface area (Å²) in [5.41, 5.74) is 5.44. The molecule has 112 valence electrons. The van der Waals surface area contributed by atoms with Gasteiger partial charge in [-0.1, -0.05) is 39.4 Å². The van der Waals surface area contributed by atoms with Crippen molar-refractivity contribution in [3.05, 3.63) is 35.8 Å². The minimum absolute atomic E-state index is 0.440. The maximum Gasteiger partial charge on any atom is 0.129 e. The van der Waals surface area contributed by atoms with Crippen molar-refractivity contribution in [2.45, 2.75) is 52.2 Å². The van der Waals surface area contributed by atoms with Crippen LogP contribution in [0.2, 0.25) is 19.6 Å². The fourth-order valence-corrected chi connectivity index (χ4v) is 4.46. The molecule has 0 aromatic carbocycles. The van der Waals surface area contributed by atoms with Crippen LogP contribution in [0.15, 0.2) is 34.5 Å².